The fourth-order valence-electron chi connectivity index (χ4n) is 4.44. The highest BCUT2D eigenvalue weighted by atomic mass is 31.2. The molecule has 2 rings (SSSR count). The van der Waals surface area contributed by atoms with Crippen molar-refractivity contribution in [2.45, 2.75) is 106 Å². The molecule has 0 fully saturated rings. The Hall–Kier alpha value is -3.24. The largest absolute Gasteiger partial charge is 0.531 e. The number of phosphoric ester groups is 1. The van der Waals surface area contributed by atoms with Crippen LogP contribution in [-0.4, -0.2) is 71.1 Å². The minimum atomic E-state index is -4.19. The average molecular weight is 676 g/mol. The van der Waals surface area contributed by atoms with Gasteiger partial charge >= 0.3 is 13.9 Å². The van der Waals surface area contributed by atoms with E-state index in [0.29, 0.717) is 17.7 Å². The molecular formula is C35H54N3O8P. The molecule has 2 amide bonds. The van der Waals surface area contributed by atoms with Crippen molar-refractivity contribution in [1.82, 2.24) is 9.80 Å². The quantitative estimate of drug-likeness (QED) is 0.167. The van der Waals surface area contributed by atoms with Gasteiger partial charge in [-0.15, -0.1) is 0 Å². The Morgan fingerprint density at radius 3 is 1.87 bits per heavy atom. The number of carbonyl (C=O) groups is 3. The molecule has 262 valence electrons. The van der Waals surface area contributed by atoms with Gasteiger partial charge in [0.25, 0.3) is 0 Å². The molecule has 0 radical (unpaired) electrons. The first-order chi connectivity index (χ1) is 21.4. The second-order valence-electron chi connectivity index (χ2n) is 14.6. The molecule has 0 aliphatic rings. The van der Waals surface area contributed by atoms with Crippen LogP contribution in [0, 0.1) is 13.8 Å². The molecule has 12 heteroatoms. The number of nitrogens with zero attached hydrogens (tertiary/aromatic N) is 2. The summed E-state index contributed by atoms with van der Waals surface area (Å²) in [5.74, 6) is -0.384. The van der Waals surface area contributed by atoms with Gasteiger partial charge in [-0.3, -0.25) is 23.5 Å². The van der Waals surface area contributed by atoms with Crippen molar-refractivity contribution in [3.63, 3.8) is 0 Å². The van der Waals surface area contributed by atoms with Crippen LogP contribution in [0.4, 0.5) is 10.5 Å². The molecule has 2 aromatic rings. The molecule has 1 N–H and O–H groups in total. The lowest BCUT2D eigenvalue weighted by Gasteiger charge is -2.31. The Kier molecular flexibility index (Phi) is 13.4. The summed E-state index contributed by atoms with van der Waals surface area (Å²) in [4.78, 5) is 42.2. The number of aryl methyl sites for hydroxylation is 2. The molecule has 0 atom stereocenters. The van der Waals surface area contributed by atoms with Crippen LogP contribution in [0.15, 0.2) is 36.4 Å². The van der Waals surface area contributed by atoms with Gasteiger partial charge in [0.05, 0.1) is 24.3 Å². The van der Waals surface area contributed by atoms with Gasteiger partial charge in [-0.2, -0.15) is 0 Å². The molecule has 11 nitrogen and oxygen atoms in total. The molecule has 0 aliphatic carbocycles. The molecular weight excluding hydrogens is 621 g/mol. The number of likely N-dealkylation sites (N-methyl/N-ethyl adjacent to an activating group) is 2. The van der Waals surface area contributed by atoms with E-state index in [9.17, 15) is 18.9 Å². The van der Waals surface area contributed by atoms with Gasteiger partial charge in [-0.25, -0.2) is 9.36 Å². The standard InChI is InChI=1S/C35H54N3O8P/c1-14-38(23-30(40)36-31-24(2)16-15-17-25(31)3)21-27-20-26(28(39)22-37(13)32(41)43-33(4,5)6)18-19-29(27)44-47(42,45-34(7,8)9)46-35(10,11)12/h15-20H,14,21-23H2,1-13H3,(H,36,40). The summed E-state index contributed by atoms with van der Waals surface area (Å²) in [5.41, 5.74) is 0.983. The predicted molar refractivity (Wildman–Crippen MR) is 185 cm³/mol. The van der Waals surface area contributed by atoms with E-state index < -0.39 is 30.7 Å². The first-order valence-electron chi connectivity index (χ1n) is 15.8. The molecule has 0 saturated carbocycles. The van der Waals surface area contributed by atoms with E-state index in [2.05, 4.69) is 5.32 Å². The van der Waals surface area contributed by atoms with Crippen molar-refractivity contribution in [3.8, 4) is 5.75 Å². The van der Waals surface area contributed by atoms with Crippen molar-refractivity contribution in [2.24, 2.45) is 0 Å². The van der Waals surface area contributed by atoms with Crippen molar-refractivity contribution >= 4 is 31.3 Å². The van der Waals surface area contributed by atoms with E-state index in [1.165, 1.54) is 24.1 Å². The van der Waals surface area contributed by atoms with Crippen LogP contribution in [0.25, 0.3) is 0 Å². The smallest absolute Gasteiger partial charge is 0.444 e. The second kappa shape index (κ2) is 15.8. The fraction of sp³-hybridized carbons (Fsp3) is 0.571. The number of phosphoric acid groups is 1. The highest BCUT2D eigenvalue weighted by Gasteiger charge is 2.39. The monoisotopic (exact) mass is 675 g/mol. The van der Waals surface area contributed by atoms with Crippen LogP contribution in [0.1, 0.15) is 96.3 Å². The van der Waals surface area contributed by atoms with Gasteiger partial charge in [-0.05, 0) is 112 Å². The summed E-state index contributed by atoms with van der Waals surface area (Å²) >= 11 is 0. The van der Waals surface area contributed by atoms with Crippen molar-refractivity contribution in [3.05, 3.63) is 58.7 Å². The molecule has 47 heavy (non-hydrogen) atoms. The molecule has 0 bridgehead atoms. The maximum absolute atomic E-state index is 14.1. The van der Waals surface area contributed by atoms with Gasteiger partial charge in [0, 0.05) is 30.4 Å². The zero-order valence-electron chi connectivity index (χ0n) is 30.4. The van der Waals surface area contributed by atoms with Crippen molar-refractivity contribution < 1.29 is 37.3 Å². The second-order valence-corrected chi connectivity index (χ2v) is 16.1. The number of anilines is 1. The number of Topliss-reactive ketones (excluding diaryl/α,β-unsaturated/α-hetero) is 1. The third-order valence-corrected chi connectivity index (χ3v) is 8.37. The van der Waals surface area contributed by atoms with Crippen molar-refractivity contribution in [2.75, 3.05) is 32.0 Å². The van der Waals surface area contributed by atoms with Gasteiger partial charge in [0.15, 0.2) is 5.78 Å². The van der Waals surface area contributed by atoms with E-state index in [0.717, 1.165) is 16.8 Å². The number of hydrogen-bond acceptors (Lipinski definition) is 9. The normalized spacial score (nSPS) is 12.6. The summed E-state index contributed by atoms with van der Waals surface area (Å²) < 4.78 is 37.2. The molecule has 0 spiro atoms. The summed E-state index contributed by atoms with van der Waals surface area (Å²) in [6.07, 6.45) is -0.627. The summed E-state index contributed by atoms with van der Waals surface area (Å²) in [6.45, 7) is 21.9. The third-order valence-electron chi connectivity index (χ3n) is 6.40. The van der Waals surface area contributed by atoms with Crippen LogP contribution in [-0.2, 0) is 29.7 Å². The lowest BCUT2D eigenvalue weighted by Crippen LogP contribution is -2.37. The summed E-state index contributed by atoms with van der Waals surface area (Å²) in [6, 6.07) is 10.5. The van der Waals surface area contributed by atoms with Gasteiger partial charge < -0.3 is 19.5 Å². The molecule has 0 saturated heterocycles. The van der Waals surface area contributed by atoms with E-state index in [1.54, 1.807) is 68.4 Å². The minimum absolute atomic E-state index is 0.0396. The van der Waals surface area contributed by atoms with E-state index in [1.807, 2.05) is 43.9 Å². The zero-order valence-corrected chi connectivity index (χ0v) is 31.3. The Labute approximate surface area is 280 Å². The lowest BCUT2D eigenvalue weighted by molar-refractivity contribution is -0.117. The van der Waals surface area contributed by atoms with Crippen LogP contribution < -0.4 is 9.84 Å². The summed E-state index contributed by atoms with van der Waals surface area (Å²) in [5, 5.41) is 3.01. The van der Waals surface area contributed by atoms with E-state index >= 15 is 0 Å². The van der Waals surface area contributed by atoms with Gasteiger partial charge in [0.2, 0.25) is 5.91 Å². The van der Waals surface area contributed by atoms with Crippen LogP contribution in [0.3, 0.4) is 0 Å². The number of ketones is 1. The number of rotatable bonds is 13. The number of benzene rings is 2. The topological polar surface area (TPSA) is 124 Å². The first kappa shape index (κ1) is 39.9. The summed E-state index contributed by atoms with van der Waals surface area (Å²) in [7, 11) is -2.71. The average Bonchev–Trinajstić information content (AvgIpc) is 2.87. The maximum Gasteiger partial charge on any atom is 0.531 e. The fourth-order valence-corrected chi connectivity index (χ4v) is 6.31. The molecule has 0 heterocycles. The first-order valence-corrected chi connectivity index (χ1v) is 17.3. The lowest BCUT2D eigenvalue weighted by atomic mass is 10.1. The Balaban J connectivity index is 2.47. The van der Waals surface area contributed by atoms with Crippen molar-refractivity contribution in [1.29, 1.82) is 0 Å². The Bertz CT molecular complexity index is 1430. The SMILES string of the molecule is CCN(CC(=O)Nc1c(C)cccc1C)Cc1cc(C(=O)CN(C)C(=O)OC(C)(C)C)ccc1OP(=O)(OC(C)(C)C)OC(C)(C)C. The Morgan fingerprint density at radius 1 is 0.830 bits per heavy atom. The number of amides is 2. The third kappa shape index (κ3) is 13.8. The highest BCUT2D eigenvalue weighted by molar-refractivity contribution is 7.49. The van der Waals surface area contributed by atoms with E-state index in [4.69, 9.17) is 18.3 Å². The van der Waals surface area contributed by atoms with Crippen LogP contribution in [0.5, 0.6) is 5.75 Å². The number of nitrogens with one attached hydrogen (secondary N) is 1. The number of para-hydroxylation sites is 1. The number of carbonyl (C=O) groups excluding carboxylic acids is 3. The van der Waals surface area contributed by atoms with E-state index in [-0.39, 0.29) is 37.1 Å². The predicted octanol–water partition coefficient (Wildman–Crippen LogP) is 7.93. The molecule has 0 aliphatic heterocycles. The van der Waals surface area contributed by atoms with Gasteiger partial charge in [0.1, 0.15) is 11.4 Å². The molecule has 0 aromatic heterocycles. The minimum Gasteiger partial charge on any atom is -0.444 e. The van der Waals surface area contributed by atoms with Crippen LogP contribution >= 0.6 is 7.82 Å². The number of ether oxygens (including phenoxy) is 1. The zero-order chi connectivity index (χ0) is 36.0. The Morgan fingerprint density at radius 2 is 1.38 bits per heavy atom. The van der Waals surface area contributed by atoms with Gasteiger partial charge in [-0.1, -0.05) is 25.1 Å². The molecule has 0 unspecified atom stereocenters. The highest BCUT2D eigenvalue weighted by Crippen LogP contribution is 2.55. The maximum atomic E-state index is 14.1. The molecule has 2 aromatic carbocycles. The van der Waals surface area contributed by atoms with Crippen LogP contribution in [0.2, 0.25) is 0 Å². The number of hydrogen-bond donors (Lipinski definition) is 1.